The number of ether oxygens (including phenoxy) is 1. The first-order chi connectivity index (χ1) is 8.45. The molecule has 0 aliphatic carbocycles. The van der Waals surface area contributed by atoms with Crippen molar-refractivity contribution in [1.82, 2.24) is 9.88 Å². The molecular formula is C12H15BrN2O3. The van der Waals surface area contributed by atoms with Gasteiger partial charge in [0.05, 0.1) is 13.0 Å². The fraction of sp³-hybridized carbons (Fsp3) is 0.417. The Kier molecular flexibility index (Phi) is 5.27. The van der Waals surface area contributed by atoms with Gasteiger partial charge in [0.25, 0.3) is 5.91 Å². The predicted octanol–water partition coefficient (Wildman–Crippen LogP) is 1.73. The van der Waals surface area contributed by atoms with E-state index in [4.69, 9.17) is 0 Å². The predicted molar refractivity (Wildman–Crippen MR) is 70.1 cm³/mol. The lowest BCUT2D eigenvalue weighted by atomic mass is 10.1. The van der Waals surface area contributed by atoms with Gasteiger partial charge < -0.3 is 9.64 Å². The van der Waals surface area contributed by atoms with Crippen LogP contribution in [0.3, 0.4) is 0 Å². The molecule has 0 fully saturated rings. The van der Waals surface area contributed by atoms with Gasteiger partial charge in [-0.25, -0.2) is 4.98 Å². The Morgan fingerprint density at radius 1 is 1.50 bits per heavy atom. The summed E-state index contributed by atoms with van der Waals surface area (Å²) in [7, 11) is 2.96. The molecule has 98 valence electrons. The summed E-state index contributed by atoms with van der Waals surface area (Å²) >= 11 is 3.21. The second kappa shape index (κ2) is 6.49. The first kappa shape index (κ1) is 14.6. The van der Waals surface area contributed by atoms with Crippen molar-refractivity contribution in [3.63, 3.8) is 0 Å². The molecule has 0 aromatic carbocycles. The average molecular weight is 315 g/mol. The highest BCUT2D eigenvalue weighted by Crippen LogP contribution is 2.09. The standard InChI is InChI=1S/C12H15BrN2O3/c1-8(12(17)18-3)7-15(2)11(16)9-5-4-6-10(13)14-9/h4-6,8H,7H2,1-3H3. The van der Waals surface area contributed by atoms with Gasteiger partial charge in [-0.1, -0.05) is 13.0 Å². The summed E-state index contributed by atoms with van der Waals surface area (Å²) < 4.78 is 5.22. The molecule has 0 saturated heterocycles. The third-order valence-corrected chi connectivity index (χ3v) is 2.87. The number of halogens is 1. The fourth-order valence-electron chi connectivity index (χ4n) is 1.49. The molecule has 1 aromatic heterocycles. The number of methoxy groups -OCH3 is 1. The lowest BCUT2D eigenvalue weighted by Crippen LogP contribution is -2.34. The van der Waals surface area contributed by atoms with Crippen LogP contribution in [-0.2, 0) is 9.53 Å². The van der Waals surface area contributed by atoms with Crippen LogP contribution in [0, 0.1) is 5.92 Å². The van der Waals surface area contributed by atoms with Crippen molar-refractivity contribution in [2.75, 3.05) is 20.7 Å². The number of aromatic nitrogens is 1. The Morgan fingerprint density at radius 3 is 2.72 bits per heavy atom. The Labute approximate surface area is 114 Å². The largest absolute Gasteiger partial charge is 0.469 e. The van der Waals surface area contributed by atoms with E-state index >= 15 is 0 Å². The summed E-state index contributed by atoms with van der Waals surface area (Å²) in [6.07, 6.45) is 0. The van der Waals surface area contributed by atoms with E-state index in [1.807, 2.05) is 0 Å². The van der Waals surface area contributed by atoms with E-state index in [9.17, 15) is 9.59 Å². The minimum Gasteiger partial charge on any atom is -0.469 e. The van der Waals surface area contributed by atoms with Crippen molar-refractivity contribution in [3.8, 4) is 0 Å². The normalized spacial score (nSPS) is 11.8. The van der Waals surface area contributed by atoms with E-state index in [2.05, 4.69) is 25.7 Å². The van der Waals surface area contributed by atoms with Crippen molar-refractivity contribution in [2.24, 2.45) is 5.92 Å². The smallest absolute Gasteiger partial charge is 0.310 e. The van der Waals surface area contributed by atoms with Crippen LogP contribution in [0.2, 0.25) is 0 Å². The molecule has 0 spiro atoms. The summed E-state index contributed by atoms with van der Waals surface area (Å²) in [6, 6.07) is 5.11. The number of nitrogens with zero attached hydrogens (tertiary/aromatic N) is 2. The lowest BCUT2D eigenvalue weighted by Gasteiger charge is -2.19. The van der Waals surface area contributed by atoms with Crippen LogP contribution in [0.15, 0.2) is 22.8 Å². The van der Waals surface area contributed by atoms with Crippen molar-refractivity contribution in [2.45, 2.75) is 6.92 Å². The number of hydrogen-bond acceptors (Lipinski definition) is 4. The summed E-state index contributed by atoms with van der Waals surface area (Å²) in [5.74, 6) is -0.931. The van der Waals surface area contributed by atoms with Gasteiger partial charge >= 0.3 is 5.97 Å². The third-order valence-electron chi connectivity index (χ3n) is 2.43. The van der Waals surface area contributed by atoms with Crippen LogP contribution in [-0.4, -0.2) is 42.5 Å². The van der Waals surface area contributed by atoms with Crippen molar-refractivity contribution < 1.29 is 14.3 Å². The Morgan fingerprint density at radius 2 is 2.17 bits per heavy atom. The van der Waals surface area contributed by atoms with Crippen molar-refractivity contribution >= 4 is 27.8 Å². The molecule has 1 atom stereocenters. The van der Waals surface area contributed by atoms with Crippen LogP contribution < -0.4 is 0 Å². The van der Waals surface area contributed by atoms with Gasteiger partial charge in [0.1, 0.15) is 10.3 Å². The number of pyridine rings is 1. The molecular weight excluding hydrogens is 300 g/mol. The lowest BCUT2D eigenvalue weighted by molar-refractivity contribution is -0.145. The first-order valence-electron chi connectivity index (χ1n) is 5.41. The summed E-state index contributed by atoms with van der Waals surface area (Å²) in [5, 5.41) is 0. The molecule has 0 aliphatic rings. The van der Waals surface area contributed by atoms with E-state index in [1.165, 1.54) is 12.0 Å². The van der Waals surface area contributed by atoms with E-state index in [0.29, 0.717) is 16.8 Å². The van der Waals surface area contributed by atoms with E-state index in [1.54, 1.807) is 32.2 Å². The fourth-order valence-corrected chi connectivity index (χ4v) is 1.84. The van der Waals surface area contributed by atoms with Crippen molar-refractivity contribution in [3.05, 3.63) is 28.5 Å². The average Bonchev–Trinajstić information content (AvgIpc) is 2.36. The first-order valence-corrected chi connectivity index (χ1v) is 6.21. The van der Waals surface area contributed by atoms with Crippen LogP contribution >= 0.6 is 15.9 Å². The Bertz CT molecular complexity index is 451. The molecule has 0 N–H and O–H groups in total. The number of rotatable bonds is 4. The Balaban J connectivity index is 2.70. The molecule has 5 nitrogen and oxygen atoms in total. The minimum atomic E-state index is -0.365. The van der Waals surface area contributed by atoms with Gasteiger partial charge in [0.15, 0.2) is 0 Å². The number of hydrogen-bond donors (Lipinski definition) is 0. The maximum absolute atomic E-state index is 12.0. The monoisotopic (exact) mass is 314 g/mol. The quantitative estimate of drug-likeness (QED) is 0.627. The minimum absolute atomic E-state index is 0.230. The Hall–Kier alpha value is -1.43. The van der Waals surface area contributed by atoms with Gasteiger partial charge in [-0.05, 0) is 28.1 Å². The summed E-state index contributed by atoms with van der Waals surface area (Å²) in [4.78, 5) is 28.8. The molecule has 1 rings (SSSR count). The topological polar surface area (TPSA) is 59.5 Å². The van der Waals surface area contributed by atoms with Crippen LogP contribution in [0.1, 0.15) is 17.4 Å². The maximum Gasteiger partial charge on any atom is 0.310 e. The van der Waals surface area contributed by atoms with Crippen LogP contribution in [0.5, 0.6) is 0 Å². The third kappa shape index (κ3) is 3.80. The highest BCUT2D eigenvalue weighted by atomic mass is 79.9. The number of carbonyl (C=O) groups is 2. The number of amides is 1. The van der Waals surface area contributed by atoms with Crippen molar-refractivity contribution in [1.29, 1.82) is 0 Å². The molecule has 1 heterocycles. The zero-order valence-corrected chi connectivity index (χ0v) is 12.1. The molecule has 1 aromatic rings. The molecule has 0 saturated carbocycles. The van der Waals surface area contributed by atoms with Crippen LogP contribution in [0.25, 0.3) is 0 Å². The molecule has 0 aliphatic heterocycles. The molecule has 0 bridgehead atoms. The second-order valence-corrected chi connectivity index (χ2v) is 4.77. The van der Waals surface area contributed by atoms with E-state index < -0.39 is 0 Å². The van der Waals surface area contributed by atoms with E-state index in [0.717, 1.165) is 0 Å². The molecule has 6 heteroatoms. The zero-order chi connectivity index (χ0) is 13.7. The molecule has 1 amide bonds. The molecule has 1 unspecified atom stereocenters. The van der Waals surface area contributed by atoms with Gasteiger partial charge in [-0.3, -0.25) is 9.59 Å². The summed E-state index contributed by atoms with van der Waals surface area (Å²) in [5.41, 5.74) is 0.337. The van der Waals surface area contributed by atoms with Gasteiger partial charge in [-0.2, -0.15) is 0 Å². The summed E-state index contributed by atoms with van der Waals surface area (Å²) in [6.45, 7) is 2.00. The highest BCUT2D eigenvalue weighted by molar-refractivity contribution is 9.10. The number of carbonyl (C=O) groups excluding carboxylic acids is 2. The highest BCUT2D eigenvalue weighted by Gasteiger charge is 2.20. The van der Waals surface area contributed by atoms with E-state index in [-0.39, 0.29) is 17.8 Å². The van der Waals surface area contributed by atoms with Crippen LogP contribution in [0.4, 0.5) is 0 Å². The van der Waals surface area contributed by atoms with Gasteiger partial charge in [0, 0.05) is 13.6 Å². The zero-order valence-electron chi connectivity index (χ0n) is 10.5. The molecule has 0 radical (unpaired) electrons. The number of esters is 1. The molecule has 18 heavy (non-hydrogen) atoms. The second-order valence-electron chi connectivity index (χ2n) is 3.96. The SMILES string of the molecule is COC(=O)C(C)CN(C)C(=O)c1cccc(Br)n1. The maximum atomic E-state index is 12.0. The van der Waals surface area contributed by atoms with Gasteiger partial charge in [-0.15, -0.1) is 0 Å². The van der Waals surface area contributed by atoms with Gasteiger partial charge in [0.2, 0.25) is 0 Å².